The van der Waals surface area contributed by atoms with Gasteiger partial charge in [-0.25, -0.2) is 0 Å². The summed E-state index contributed by atoms with van der Waals surface area (Å²) in [6, 6.07) is 4.05. The smallest absolute Gasteiger partial charge is 0.0507 e. The van der Waals surface area contributed by atoms with E-state index in [1.165, 1.54) is 22.0 Å². The number of rotatable bonds is 2. The highest BCUT2D eigenvalue weighted by atomic mass is 14.7. The molecular weight excluding hydrogens is 172 g/mol. The van der Waals surface area contributed by atoms with Crippen molar-refractivity contribution in [1.82, 2.24) is 4.98 Å². The first-order chi connectivity index (χ1) is 6.74. The molecule has 14 heavy (non-hydrogen) atoms. The van der Waals surface area contributed by atoms with Gasteiger partial charge in [0.25, 0.3) is 0 Å². The van der Waals surface area contributed by atoms with Crippen LogP contribution in [0.25, 0.3) is 10.9 Å². The van der Waals surface area contributed by atoms with Crippen molar-refractivity contribution < 1.29 is 0 Å². The van der Waals surface area contributed by atoms with Crippen LogP contribution in [-0.2, 0) is 6.42 Å². The van der Waals surface area contributed by atoms with E-state index >= 15 is 0 Å². The number of fused-ring (bicyclic) bond motifs is 1. The minimum atomic E-state index is 0.885. The molecule has 0 atom stereocenters. The van der Waals surface area contributed by atoms with Crippen LogP contribution in [0, 0.1) is 6.92 Å². The Balaban J connectivity index is 2.70. The first-order valence-corrected chi connectivity index (χ1v) is 5.09. The number of hydrogen-bond acceptors (Lipinski definition) is 1. The van der Waals surface area contributed by atoms with Gasteiger partial charge in [-0.15, -0.1) is 0 Å². The van der Waals surface area contributed by atoms with Crippen molar-refractivity contribution in [2.75, 3.05) is 5.73 Å². The van der Waals surface area contributed by atoms with E-state index in [0.29, 0.717) is 0 Å². The number of nitrogens with one attached hydrogen (secondary N) is 1. The first kappa shape index (κ1) is 9.13. The Morgan fingerprint density at radius 1 is 1.36 bits per heavy atom. The normalized spacial score (nSPS) is 11.0. The molecule has 0 amide bonds. The molecule has 2 heteroatoms. The summed E-state index contributed by atoms with van der Waals surface area (Å²) in [5, 5.41) is 1.21. The van der Waals surface area contributed by atoms with Crippen molar-refractivity contribution in [2.24, 2.45) is 0 Å². The molecule has 2 nitrogen and oxygen atoms in total. The summed E-state index contributed by atoms with van der Waals surface area (Å²) in [4.78, 5) is 3.30. The standard InChI is InChI=1S/C12H16N2/c1-3-4-9-7-14-12-8(2)5-6-10(13)11(9)12/h5-7,14H,3-4,13H2,1-2H3. The zero-order valence-electron chi connectivity index (χ0n) is 8.72. The fraction of sp³-hybridized carbons (Fsp3) is 0.333. The monoisotopic (exact) mass is 188 g/mol. The fourth-order valence-electron chi connectivity index (χ4n) is 1.95. The summed E-state index contributed by atoms with van der Waals surface area (Å²) in [5.41, 5.74) is 10.7. The number of anilines is 1. The summed E-state index contributed by atoms with van der Waals surface area (Å²) in [5.74, 6) is 0. The SMILES string of the molecule is CCCc1c[nH]c2c(C)ccc(N)c12. The highest BCUT2D eigenvalue weighted by Gasteiger charge is 2.07. The molecule has 74 valence electrons. The molecule has 0 saturated heterocycles. The summed E-state index contributed by atoms with van der Waals surface area (Å²) < 4.78 is 0. The number of aromatic amines is 1. The number of H-pyrrole nitrogens is 1. The molecule has 0 radical (unpaired) electrons. The molecule has 1 aromatic heterocycles. The van der Waals surface area contributed by atoms with Crippen molar-refractivity contribution in [1.29, 1.82) is 0 Å². The van der Waals surface area contributed by atoms with E-state index in [9.17, 15) is 0 Å². The number of hydrogen-bond donors (Lipinski definition) is 2. The number of benzene rings is 1. The summed E-state index contributed by atoms with van der Waals surface area (Å²) in [7, 11) is 0. The average molecular weight is 188 g/mol. The van der Waals surface area contributed by atoms with E-state index in [1.54, 1.807) is 0 Å². The quantitative estimate of drug-likeness (QED) is 0.699. The maximum atomic E-state index is 5.98. The fourth-order valence-corrected chi connectivity index (χ4v) is 1.95. The molecule has 0 unspecified atom stereocenters. The van der Waals surface area contributed by atoms with Crippen molar-refractivity contribution in [3.63, 3.8) is 0 Å². The lowest BCUT2D eigenvalue weighted by Crippen LogP contribution is -1.89. The number of nitrogens with two attached hydrogens (primary N) is 1. The van der Waals surface area contributed by atoms with Crippen LogP contribution in [0.2, 0.25) is 0 Å². The topological polar surface area (TPSA) is 41.8 Å². The number of aromatic nitrogens is 1. The molecule has 0 saturated carbocycles. The van der Waals surface area contributed by atoms with E-state index in [2.05, 4.69) is 31.1 Å². The second-order valence-electron chi connectivity index (χ2n) is 3.79. The Labute approximate surface area is 84.1 Å². The molecule has 0 fully saturated rings. The molecule has 2 aromatic rings. The van der Waals surface area contributed by atoms with Gasteiger partial charge in [0.1, 0.15) is 0 Å². The van der Waals surface area contributed by atoms with Gasteiger partial charge in [-0.1, -0.05) is 19.4 Å². The van der Waals surface area contributed by atoms with Crippen molar-refractivity contribution in [3.8, 4) is 0 Å². The molecule has 0 aliphatic rings. The lowest BCUT2D eigenvalue weighted by molar-refractivity contribution is 0.929. The van der Waals surface area contributed by atoms with E-state index in [0.717, 1.165) is 18.5 Å². The van der Waals surface area contributed by atoms with Crippen LogP contribution in [0.1, 0.15) is 24.5 Å². The van der Waals surface area contributed by atoms with Gasteiger partial charge in [0.05, 0.1) is 5.52 Å². The zero-order valence-corrected chi connectivity index (χ0v) is 8.72. The van der Waals surface area contributed by atoms with Crippen LogP contribution >= 0.6 is 0 Å². The molecule has 1 aromatic carbocycles. The van der Waals surface area contributed by atoms with E-state index in [-0.39, 0.29) is 0 Å². The van der Waals surface area contributed by atoms with Gasteiger partial charge in [0.15, 0.2) is 0 Å². The Hall–Kier alpha value is -1.44. The highest BCUT2D eigenvalue weighted by Crippen LogP contribution is 2.27. The average Bonchev–Trinajstić information content (AvgIpc) is 2.58. The van der Waals surface area contributed by atoms with Crippen molar-refractivity contribution in [3.05, 3.63) is 29.5 Å². The van der Waals surface area contributed by atoms with Gasteiger partial charge >= 0.3 is 0 Å². The molecule has 1 heterocycles. The Morgan fingerprint density at radius 3 is 2.86 bits per heavy atom. The molecular formula is C12H16N2. The Bertz CT molecular complexity index is 455. The van der Waals surface area contributed by atoms with Crippen LogP contribution in [-0.4, -0.2) is 4.98 Å². The maximum Gasteiger partial charge on any atom is 0.0507 e. The summed E-state index contributed by atoms with van der Waals surface area (Å²) >= 11 is 0. The second kappa shape index (κ2) is 3.37. The minimum absolute atomic E-state index is 0.885. The molecule has 3 N–H and O–H groups in total. The predicted octanol–water partition coefficient (Wildman–Crippen LogP) is 3.01. The van der Waals surface area contributed by atoms with Crippen molar-refractivity contribution in [2.45, 2.75) is 26.7 Å². The van der Waals surface area contributed by atoms with Crippen LogP contribution in [0.4, 0.5) is 5.69 Å². The van der Waals surface area contributed by atoms with Gasteiger partial charge in [-0.2, -0.15) is 0 Å². The third kappa shape index (κ3) is 1.27. The Morgan fingerprint density at radius 2 is 2.14 bits per heavy atom. The maximum absolute atomic E-state index is 5.98. The van der Waals surface area contributed by atoms with Crippen LogP contribution in [0.5, 0.6) is 0 Å². The largest absolute Gasteiger partial charge is 0.398 e. The summed E-state index contributed by atoms with van der Waals surface area (Å²) in [6.07, 6.45) is 4.32. The van der Waals surface area contributed by atoms with Gasteiger partial charge in [-0.3, -0.25) is 0 Å². The molecule has 2 rings (SSSR count). The zero-order chi connectivity index (χ0) is 10.1. The Kier molecular flexibility index (Phi) is 2.20. The first-order valence-electron chi connectivity index (χ1n) is 5.09. The van der Waals surface area contributed by atoms with Gasteiger partial charge in [0.2, 0.25) is 0 Å². The highest BCUT2D eigenvalue weighted by molar-refractivity contribution is 5.95. The van der Waals surface area contributed by atoms with Crippen LogP contribution in [0.3, 0.4) is 0 Å². The van der Waals surface area contributed by atoms with Gasteiger partial charge in [0, 0.05) is 17.3 Å². The number of aryl methyl sites for hydroxylation is 2. The van der Waals surface area contributed by atoms with Crippen LogP contribution in [0.15, 0.2) is 18.3 Å². The number of nitrogen functional groups attached to an aromatic ring is 1. The lowest BCUT2D eigenvalue weighted by Gasteiger charge is -2.02. The molecule has 0 spiro atoms. The van der Waals surface area contributed by atoms with Crippen molar-refractivity contribution >= 4 is 16.6 Å². The molecule has 0 aliphatic heterocycles. The summed E-state index contributed by atoms with van der Waals surface area (Å²) in [6.45, 7) is 4.29. The van der Waals surface area contributed by atoms with E-state index in [1.807, 2.05) is 6.07 Å². The van der Waals surface area contributed by atoms with Crippen LogP contribution < -0.4 is 5.73 Å². The van der Waals surface area contributed by atoms with Gasteiger partial charge < -0.3 is 10.7 Å². The van der Waals surface area contributed by atoms with E-state index < -0.39 is 0 Å². The van der Waals surface area contributed by atoms with Gasteiger partial charge in [-0.05, 0) is 30.5 Å². The minimum Gasteiger partial charge on any atom is -0.398 e. The molecule has 0 bridgehead atoms. The van der Waals surface area contributed by atoms with E-state index in [4.69, 9.17) is 5.73 Å². The molecule has 0 aliphatic carbocycles. The second-order valence-corrected chi connectivity index (χ2v) is 3.79. The third-order valence-electron chi connectivity index (χ3n) is 2.68. The predicted molar refractivity (Wildman–Crippen MR) is 61.4 cm³/mol. The lowest BCUT2D eigenvalue weighted by atomic mass is 10.1. The third-order valence-corrected chi connectivity index (χ3v) is 2.68.